The zero-order chi connectivity index (χ0) is 25.4. The van der Waals surface area contributed by atoms with Crippen LogP contribution in [0.5, 0.6) is 11.5 Å². The summed E-state index contributed by atoms with van der Waals surface area (Å²) in [4.78, 5) is 24.0. The normalized spacial score (nSPS) is 16.9. The monoisotopic (exact) mass is 493 g/mol. The molecule has 186 valence electrons. The Labute approximate surface area is 206 Å². The van der Waals surface area contributed by atoms with Gasteiger partial charge in [-0.3, -0.25) is 4.79 Å². The molecule has 2 fully saturated rings. The second kappa shape index (κ2) is 9.22. The summed E-state index contributed by atoms with van der Waals surface area (Å²) in [5.74, 6) is -0.536. The number of anilines is 1. The lowest BCUT2D eigenvalue weighted by Gasteiger charge is -2.34. The highest BCUT2D eigenvalue weighted by atomic mass is 19.1. The maximum atomic E-state index is 14.0. The number of hydrogen-bond acceptors (Lipinski definition) is 7. The molecule has 1 aromatic carbocycles. The smallest absolute Gasteiger partial charge is 0.292 e. The number of aryl methyl sites for hydroxylation is 1. The van der Waals surface area contributed by atoms with Crippen LogP contribution in [-0.2, 0) is 12.5 Å². The average molecular weight is 494 g/mol. The molecule has 0 spiro atoms. The molecule has 1 aliphatic carbocycles. The molecule has 0 N–H and O–H groups in total. The summed E-state index contributed by atoms with van der Waals surface area (Å²) in [7, 11) is 3.08. The van der Waals surface area contributed by atoms with Crippen LogP contribution in [0, 0.1) is 23.0 Å². The average Bonchev–Trinajstić information content (AvgIpc) is 3.69. The molecule has 10 heteroatoms. The molecule has 36 heavy (non-hydrogen) atoms. The predicted molar refractivity (Wildman–Crippen MR) is 128 cm³/mol. The number of nitrogens with zero attached hydrogens (tertiary/aromatic N) is 5. The van der Waals surface area contributed by atoms with E-state index in [1.807, 2.05) is 0 Å². The minimum absolute atomic E-state index is 0.0308. The highest BCUT2D eigenvalue weighted by Gasteiger charge is 2.47. The summed E-state index contributed by atoms with van der Waals surface area (Å²) < 4.78 is 39.7. The fraction of sp³-hybridized carbons (Fsp3) is 0.385. The molecule has 2 aliphatic rings. The first-order chi connectivity index (χ1) is 17.3. The fourth-order valence-electron chi connectivity index (χ4n) is 4.48. The molecular formula is C26H25F2N5O3. The first-order valence-electron chi connectivity index (χ1n) is 11.7. The van der Waals surface area contributed by atoms with Crippen molar-refractivity contribution in [2.45, 2.75) is 37.2 Å². The molecule has 2 aromatic heterocycles. The van der Waals surface area contributed by atoms with Gasteiger partial charge in [0.05, 0.1) is 25.1 Å². The van der Waals surface area contributed by atoms with Crippen LogP contribution in [0.3, 0.4) is 0 Å². The third-order valence-corrected chi connectivity index (χ3v) is 6.78. The maximum Gasteiger partial charge on any atom is 0.292 e. The molecule has 3 heterocycles. The van der Waals surface area contributed by atoms with E-state index in [1.54, 1.807) is 25.5 Å². The minimum Gasteiger partial charge on any atom is -0.491 e. The van der Waals surface area contributed by atoms with E-state index in [0.717, 1.165) is 18.9 Å². The van der Waals surface area contributed by atoms with Gasteiger partial charge in [-0.1, -0.05) is 0 Å². The van der Waals surface area contributed by atoms with Crippen molar-refractivity contribution in [3.05, 3.63) is 64.3 Å². The molecule has 1 saturated carbocycles. The quantitative estimate of drug-likeness (QED) is 0.517. The number of nitriles is 1. The fourth-order valence-corrected chi connectivity index (χ4v) is 4.48. The van der Waals surface area contributed by atoms with Crippen LogP contribution in [0.15, 0.2) is 41.5 Å². The van der Waals surface area contributed by atoms with Crippen LogP contribution in [0.25, 0.3) is 11.3 Å². The molecule has 0 bridgehead atoms. The number of rotatable bonds is 6. The number of benzene rings is 1. The van der Waals surface area contributed by atoms with Crippen molar-refractivity contribution in [3.63, 3.8) is 0 Å². The molecule has 0 radical (unpaired) electrons. The van der Waals surface area contributed by atoms with Gasteiger partial charge < -0.3 is 18.9 Å². The third kappa shape index (κ3) is 4.37. The van der Waals surface area contributed by atoms with E-state index in [2.05, 4.69) is 11.0 Å². The first-order valence-corrected chi connectivity index (χ1v) is 11.7. The van der Waals surface area contributed by atoms with Gasteiger partial charge in [0, 0.05) is 50.8 Å². The zero-order valence-corrected chi connectivity index (χ0v) is 20.0. The van der Waals surface area contributed by atoms with Crippen molar-refractivity contribution in [2.24, 2.45) is 7.05 Å². The number of halogens is 2. The molecule has 8 nitrogen and oxygen atoms in total. The summed E-state index contributed by atoms with van der Waals surface area (Å²) in [5.41, 5.74) is 0.936. The van der Waals surface area contributed by atoms with E-state index in [4.69, 9.17) is 19.4 Å². The Morgan fingerprint density at radius 1 is 1.17 bits per heavy atom. The zero-order valence-electron chi connectivity index (χ0n) is 20.0. The van der Waals surface area contributed by atoms with Crippen molar-refractivity contribution in [1.82, 2.24) is 14.5 Å². The minimum atomic E-state index is -0.726. The molecular weight excluding hydrogens is 468 g/mol. The molecule has 0 unspecified atom stereocenters. The van der Waals surface area contributed by atoms with Gasteiger partial charge in [-0.25, -0.2) is 18.7 Å². The largest absolute Gasteiger partial charge is 0.491 e. The van der Waals surface area contributed by atoms with Crippen LogP contribution >= 0.6 is 0 Å². The van der Waals surface area contributed by atoms with Crippen molar-refractivity contribution in [2.75, 3.05) is 25.1 Å². The van der Waals surface area contributed by atoms with Crippen LogP contribution in [0.1, 0.15) is 31.4 Å². The molecule has 0 atom stereocenters. The van der Waals surface area contributed by atoms with Crippen LogP contribution in [-0.4, -0.2) is 40.8 Å². The Kier molecular flexibility index (Phi) is 6.08. The van der Waals surface area contributed by atoms with E-state index in [-0.39, 0.29) is 23.2 Å². The summed E-state index contributed by atoms with van der Waals surface area (Å²) >= 11 is 0. The SMILES string of the molecule is COc1cc(-c2nc(C3(C#N)CC3)cnc2N2CCC(Oc3ccc(F)cc3F)CC2)cn(C)c1=O. The molecule has 1 aliphatic heterocycles. The number of piperidine rings is 1. The van der Waals surface area contributed by atoms with Gasteiger partial charge in [-0.05, 0) is 31.0 Å². The van der Waals surface area contributed by atoms with Crippen LogP contribution < -0.4 is 19.9 Å². The third-order valence-electron chi connectivity index (χ3n) is 6.78. The van der Waals surface area contributed by atoms with Crippen LogP contribution in [0.2, 0.25) is 0 Å². The van der Waals surface area contributed by atoms with E-state index < -0.39 is 17.0 Å². The standard InChI is InChI=1S/C26H25F2N5O3/c1-32-14-16(11-21(35-2)25(32)34)23-24(30-13-22(31-23)26(15-29)7-8-26)33-9-5-18(6-10-33)36-20-4-3-17(27)12-19(20)28/h3-4,11-14,18H,5-10H2,1-2H3. The highest BCUT2D eigenvalue weighted by molar-refractivity contribution is 5.73. The molecule has 1 saturated heterocycles. The summed E-state index contributed by atoms with van der Waals surface area (Å²) in [6.45, 7) is 1.14. The second-order valence-corrected chi connectivity index (χ2v) is 9.21. The number of ether oxygens (including phenoxy) is 2. The van der Waals surface area contributed by atoms with Gasteiger partial charge in [0.15, 0.2) is 23.1 Å². The van der Waals surface area contributed by atoms with E-state index in [1.165, 1.54) is 23.8 Å². The van der Waals surface area contributed by atoms with E-state index >= 15 is 0 Å². The summed E-state index contributed by atoms with van der Waals surface area (Å²) in [6.07, 6.45) is 5.76. The number of pyridine rings is 1. The van der Waals surface area contributed by atoms with Gasteiger partial charge in [-0.15, -0.1) is 0 Å². The number of methoxy groups -OCH3 is 1. The number of aromatic nitrogens is 3. The van der Waals surface area contributed by atoms with Crippen molar-refractivity contribution in [3.8, 4) is 28.8 Å². The molecule has 0 amide bonds. The van der Waals surface area contributed by atoms with E-state index in [9.17, 15) is 18.8 Å². The maximum absolute atomic E-state index is 14.0. The Balaban J connectivity index is 1.44. The van der Waals surface area contributed by atoms with Gasteiger partial charge in [0.25, 0.3) is 5.56 Å². The Morgan fingerprint density at radius 2 is 1.92 bits per heavy atom. The highest BCUT2D eigenvalue weighted by Crippen LogP contribution is 2.47. The van der Waals surface area contributed by atoms with Gasteiger partial charge in [0.2, 0.25) is 0 Å². The number of hydrogen-bond donors (Lipinski definition) is 0. The van der Waals surface area contributed by atoms with E-state index in [0.29, 0.717) is 48.7 Å². The molecule has 3 aromatic rings. The van der Waals surface area contributed by atoms with Gasteiger partial charge in [0.1, 0.15) is 23.0 Å². The van der Waals surface area contributed by atoms with Crippen molar-refractivity contribution in [1.29, 1.82) is 5.26 Å². The predicted octanol–water partition coefficient (Wildman–Crippen LogP) is 3.73. The Bertz CT molecular complexity index is 1410. The van der Waals surface area contributed by atoms with Crippen LogP contribution in [0.4, 0.5) is 14.6 Å². The lowest BCUT2D eigenvalue weighted by atomic mass is 10.0. The summed E-state index contributed by atoms with van der Waals surface area (Å²) in [6, 6.07) is 7.28. The van der Waals surface area contributed by atoms with Crippen molar-refractivity contribution < 1.29 is 18.3 Å². The summed E-state index contributed by atoms with van der Waals surface area (Å²) in [5, 5.41) is 9.68. The first kappa shape index (κ1) is 23.7. The van der Waals surface area contributed by atoms with Gasteiger partial charge in [-0.2, -0.15) is 5.26 Å². The lowest BCUT2D eigenvalue weighted by molar-refractivity contribution is 0.163. The lowest BCUT2D eigenvalue weighted by Crippen LogP contribution is -2.39. The second-order valence-electron chi connectivity index (χ2n) is 9.21. The van der Waals surface area contributed by atoms with Gasteiger partial charge >= 0.3 is 0 Å². The molecule has 5 rings (SSSR count). The Morgan fingerprint density at radius 3 is 2.56 bits per heavy atom. The van der Waals surface area contributed by atoms with Crippen molar-refractivity contribution >= 4 is 5.82 Å². The Hall–Kier alpha value is -4.00. The topological polar surface area (TPSA) is 93.3 Å².